The van der Waals surface area contributed by atoms with Crippen molar-refractivity contribution in [3.05, 3.63) is 57.9 Å². The second-order valence-corrected chi connectivity index (χ2v) is 7.37. The predicted octanol–water partition coefficient (Wildman–Crippen LogP) is 2.55. The molecule has 0 unspecified atom stereocenters. The maximum absolute atomic E-state index is 12.3. The van der Waals surface area contributed by atoms with Crippen LogP contribution in [0.25, 0.3) is 0 Å². The number of nitrogens with one attached hydrogen (secondary N) is 2. The number of aromatic nitrogens is 1. The molecule has 0 aliphatic carbocycles. The van der Waals surface area contributed by atoms with Gasteiger partial charge in [0, 0.05) is 25.3 Å². The fourth-order valence-electron chi connectivity index (χ4n) is 2.43. The topological polar surface area (TPSA) is 71.1 Å². The first-order valence-corrected chi connectivity index (χ1v) is 8.76. The number of halogens is 2. The SMILES string of the molecule is Cc1ccc(S(=O)(=O)NCc2ccc3c(c2)CNC3)c(Cl)n1.Cl. The molecule has 1 aromatic carbocycles. The maximum atomic E-state index is 12.3. The maximum Gasteiger partial charge on any atom is 0.243 e. The summed E-state index contributed by atoms with van der Waals surface area (Å²) in [6.45, 7) is 3.67. The summed E-state index contributed by atoms with van der Waals surface area (Å²) in [6.07, 6.45) is 0. The third-order valence-electron chi connectivity index (χ3n) is 3.61. The second-order valence-electron chi connectivity index (χ2n) is 5.27. The lowest BCUT2D eigenvalue weighted by Gasteiger charge is -2.09. The summed E-state index contributed by atoms with van der Waals surface area (Å²) < 4.78 is 27.2. The zero-order valence-corrected chi connectivity index (χ0v) is 14.9. The van der Waals surface area contributed by atoms with Crippen molar-refractivity contribution in [2.24, 2.45) is 0 Å². The first kappa shape index (κ1) is 18.2. The third kappa shape index (κ3) is 4.02. The lowest BCUT2D eigenvalue weighted by molar-refractivity contribution is 0.581. The number of rotatable bonds is 4. The molecule has 0 saturated carbocycles. The van der Waals surface area contributed by atoms with Crippen LogP contribution in [0, 0.1) is 6.92 Å². The molecule has 0 atom stereocenters. The third-order valence-corrected chi connectivity index (χ3v) is 5.44. The van der Waals surface area contributed by atoms with Crippen molar-refractivity contribution in [2.75, 3.05) is 0 Å². The Morgan fingerprint density at radius 2 is 1.96 bits per heavy atom. The Labute approximate surface area is 146 Å². The molecular weight excluding hydrogens is 357 g/mol. The van der Waals surface area contributed by atoms with E-state index in [1.54, 1.807) is 13.0 Å². The van der Waals surface area contributed by atoms with Gasteiger partial charge in [0.15, 0.2) is 0 Å². The Kier molecular flexibility index (Phi) is 5.65. The average Bonchev–Trinajstić information content (AvgIpc) is 2.92. The molecule has 8 heteroatoms. The van der Waals surface area contributed by atoms with Crippen LogP contribution in [-0.4, -0.2) is 13.4 Å². The van der Waals surface area contributed by atoms with Gasteiger partial charge in [0.25, 0.3) is 0 Å². The average molecular weight is 374 g/mol. The number of aryl methyl sites for hydroxylation is 1. The van der Waals surface area contributed by atoms with Gasteiger partial charge in [-0.25, -0.2) is 18.1 Å². The van der Waals surface area contributed by atoms with E-state index in [4.69, 9.17) is 11.6 Å². The van der Waals surface area contributed by atoms with Crippen molar-refractivity contribution in [3.8, 4) is 0 Å². The van der Waals surface area contributed by atoms with Crippen LogP contribution in [0.1, 0.15) is 22.4 Å². The highest BCUT2D eigenvalue weighted by Crippen LogP contribution is 2.20. The van der Waals surface area contributed by atoms with E-state index in [0.29, 0.717) is 5.69 Å². The molecule has 23 heavy (non-hydrogen) atoms. The summed E-state index contributed by atoms with van der Waals surface area (Å²) in [6, 6.07) is 9.08. The molecule has 5 nitrogen and oxygen atoms in total. The van der Waals surface area contributed by atoms with E-state index in [0.717, 1.165) is 18.7 Å². The first-order valence-electron chi connectivity index (χ1n) is 6.90. The fourth-order valence-corrected chi connectivity index (χ4v) is 3.95. The summed E-state index contributed by atoms with van der Waals surface area (Å²) in [4.78, 5) is 3.98. The zero-order valence-electron chi connectivity index (χ0n) is 12.5. The zero-order chi connectivity index (χ0) is 15.7. The molecule has 0 radical (unpaired) electrons. The summed E-state index contributed by atoms with van der Waals surface area (Å²) >= 11 is 5.93. The van der Waals surface area contributed by atoms with Gasteiger partial charge in [0.05, 0.1) is 0 Å². The monoisotopic (exact) mass is 373 g/mol. The Balaban J connectivity index is 0.00000192. The molecule has 0 fully saturated rings. The van der Waals surface area contributed by atoms with Crippen molar-refractivity contribution in [2.45, 2.75) is 31.5 Å². The summed E-state index contributed by atoms with van der Waals surface area (Å²) in [5.74, 6) is 0. The molecule has 0 spiro atoms. The van der Waals surface area contributed by atoms with Crippen LogP contribution in [0.3, 0.4) is 0 Å². The van der Waals surface area contributed by atoms with Crippen LogP contribution in [0.2, 0.25) is 5.15 Å². The van der Waals surface area contributed by atoms with Crippen LogP contribution >= 0.6 is 24.0 Å². The van der Waals surface area contributed by atoms with Gasteiger partial charge in [-0.2, -0.15) is 0 Å². The van der Waals surface area contributed by atoms with E-state index < -0.39 is 10.0 Å². The molecule has 0 bridgehead atoms. The van der Waals surface area contributed by atoms with Gasteiger partial charge in [-0.1, -0.05) is 29.8 Å². The standard InChI is InChI=1S/C15H16ClN3O2S.ClH/c1-10-2-5-14(15(16)19-10)22(20,21)18-7-11-3-4-12-8-17-9-13(12)6-11;/h2-6,17-18H,7-9H2,1H3;1H. The molecule has 2 heterocycles. The van der Waals surface area contributed by atoms with Crippen LogP contribution in [0.5, 0.6) is 0 Å². The Bertz CT molecular complexity index is 825. The molecule has 0 saturated heterocycles. The highest BCUT2D eigenvalue weighted by Gasteiger charge is 2.19. The smallest absolute Gasteiger partial charge is 0.243 e. The second kappa shape index (κ2) is 7.15. The highest BCUT2D eigenvalue weighted by atomic mass is 35.5. The quantitative estimate of drug-likeness (QED) is 0.807. The van der Waals surface area contributed by atoms with E-state index in [9.17, 15) is 8.42 Å². The van der Waals surface area contributed by atoms with Gasteiger partial charge < -0.3 is 5.32 Å². The van der Waals surface area contributed by atoms with Crippen molar-refractivity contribution in [1.82, 2.24) is 15.0 Å². The van der Waals surface area contributed by atoms with E-state index in [2.05, 4.69) is 15.0 Å². The van der Waals surface area contributed by atoms with Crippen molar-refractivity contribution in [1.29, 1.82) is 0 Å². The Morgan fingerprint density at radius 3 is 2.70 bits per heavy atom. The molecule has 1 aromatic heterocycles. The van der Waals surface area contributed by atoms with Crippen molar-refractivity contribution < 1.29 is 8.42 Å². The van der Waals surface area contributed by atoms with E-state index in [1.165, 1.54) is 17.2 Å². The van der Waals surface area contributed by atoms with Crippen LogP contribution < -0.4 is 10.0 Å². The normalized spacial score (nSPS) is 13.5. The van der Waals surface area contributed by atoms with Gasteiger partial charge in [-0.3, -0.25) is 0 Å². The number of nitrogens with zero attached hydrogens (tertiary/aromatic N) is 1. The molecule has 2 aromatic rings. The Hall–Kier alpha value is -1.18. The number of pyridine rings is 1. The fraction of sp³-hybridized carbons (Fsp3) is 0.267. The van der Waals surface area contributed by atoms with E-state index in [1.807, 2.05) is 18.2 Å². The largest absolute Gasteiger partial charge is 0.309 e. The molecule has 0 amide bonds. The van der Waals surface area contributed by atoms with Gasteiger partial charge in [0.2, 0.25) is 10.0 Å². The summed E-state index contributed by atoms with van der Waals surface area (Å²) in [5.41, 5.74) is 4.07. The number of benzene rings is 1. The number of hydrogen-bond donors (Lipinski definition) is 2. The van der Waals surface area contributed by atoms with Gasteiger partial charge in [-0.05, 0) is 35.7 Å². The summed E-state index contributed by atoms with van der Waals surface area (Å²) in [7, 11) is -3.68. The molecule has 2 N–H and O–H groups in total. The van der Waals surface area contributed by atoms with Crippen LogP contribution in [0.4, 0.5) is 0 Å². The minimum Gasteiger partial charge on any atom is -0.309 e. The number of sulfonamides is 1. The van der Waals surface area contributed by atoms with Crippen molar-refractivity contribution in [3.63, 3.8) is 0 Å². The highest BCUT2D eigenvalue weighted by molar-refractivity contribution is 7.89. The van der Waals surface area contributed by atoms with E-state index in [-0.39, 0.29) is 29.0 Å². The number of hydrogen-bond acceptors (Lipinski definition) is 4. The van der Waals surface area contributed by atoms with Crippen LogP contribution in [-0.2, 0) is 29.7 Å². The Morgan fingerprint density at radius 1 is 1.22 bits per heavy atom. The van der Waals surface area contributed by atoms with Crippen molar-refractivity contribution >= 4 is 34.0 Å². The predicted molar refractivity (Wildman–Crippen MR) is 92.2 cm³/mol. The van der Waals surface area contributed by atoms with Gasteiger partial charge in [-0.15, -0.1) is 12.4 Å². The number of fused-ring (bicyclic) bond motifs is 1. The summed E-state index contributed by atoms with van der Waals surface area (Å²) in [5, 5.41) is 3.25. The molecular formula is C15H17Cl2N3O2S. The molecule has 1 aliphatic rings. The van der Waals surface area contributed by atoms with E-state index >= 15 is 0 Å². The molecule has 3 rings (SSSR count). The van der Waals surface area contributed by atoms with Crippen LogP contribution in [0.15, 0.2) is 35.2 Å². The minimum absolute atomic E-state index is 0. The first-order chi connectivity index (χ1) is 10.5. The molecule has 1 aliphatic heterocycles. The van der Waals surface area contributed by atoms with Gasteiger partial charge in [0.1, 0.15) is 10.0 Å². The molecule has 124 valence electrons. The lowest BCUT2D eigenvalue weighted by atomic mass is 10.1. The van der Waals surface area contributed by atoms with Gasteiger partial charge >= 0.3 is 0 Å². The lowest BCUT2D eigenvalue weighted by Crippen LogP contribution is -2.24. The minimum atomic E-state index is -3.68.